The van der Waals surface area contributed by atoms with Crippen molar-refractivity contribution in [1.29, 1.82) is 0 Å². The molecule has 0 amide bonds. The Morgan fingerprint density at radius 3 is 0.670 bits per heavy atom. The number of ether oxygens (including phenoxy) is 4. The molecule has 0 heterocycles. The molecule has 0 rings (SSSR count). The molecule has 0 saturated carbocycles. The van der Waals surface area contributed by atoms with E-state index >= 15 is 0 Å². The van der Waals surface area contributed by atoms with Crippen molar-refractivity contribution in [2.45, 2.75) is 490 Å². The highest BCUT2D eigenvalue weighted by Crippen LogP contribution is 2.45. The van der Waals surface area contributed by atoms with E-state index in [0.29, 0.717) is 25.7 Å². The Labute approximate surface area is 651 Å². The number of phosphoric ester groups is 2. The maximum atomic E-state index is 13.2. The molecule has 19 heteroatoms. The third kappa shape index (κ3) is 78.7. The van der Waals surface area contributed by atoms with E-state index in [1.807, 2.05) is 0 Å². The van der Waals surface area contributed by atoms with Crippen LogP contribution < -0.4 is 0 Å². The van der Waals surface area contributed by atoms with Gasteiger partial charge in [-0.3, -0.25) is 37.3 Å². The molecule has 0 aliphatic heterocycles. The molecule has 106 heavy (non-hydrogen) atoms. The van der Waals surface area contributed by atoms with Crippen molar-refractivity contribution in [2.24, 2.45) is 5.92 Å². The molecule has 0 aliphatic carbocycles. The summed E-state index contributed by atoms with van der Waals surface area (Å²) in [7, 11) is -9.93. The second-order valence-corrected chi connectivity index (χ2v) is 34.4. The molecule has 3 unspecified atom stereocenters. The largest absolute Gasteiger partial charge is 0.472 e. The van der Waals surface area contributed by atoms with Crippen LogP contribution in [0.1, 0.15) is 471 Å². The van der Waals surface area contributed by atoms with Gasteiger partial charge in [0.15, 0.2) is 12.2 Å². The van der Waals surface area contributed by atoms with Crippen molar-refractivity contribution in [1.82, 2.24) is 0 Å². The lowest BCUT2D eigenvalue weighted by Crippen LogP contribution is -2.30. The van der Waals surface area contributed by atoms with Gasteiger partial charge < -0.3 is 33.8 Å². The maximum absolute atomic E-state index is 13.2. The van der Waals surface area contributed by atoms with Crippen molar-refractivity contribution < 1.29 is 80.2 Å². The first kappa shape index (κ1) is 104. The average Bonchev–Trinajstić information content (AvgIpc) is 0.930. The molecule has 0 aromatic carbocycles. The Morgan fingerprint density at radius 2 is 0.453 bits per heavy atom. The van der Waals surface area contributed by atoms with Gasteiger partial charge in [0.25, 0.3) is 0 Å². The zero-order valence-electron chi connectivity index (χ0n) is 69.6. The van der Waals surface area contributed by atoms with Crippen LogP contribution in [0.15, 0.2) is 0 Å². The van der Waals surface area contributed by atoms with Gasteiger partial charge in [0, 0.05) is 25.7 Å². The molecule has 17 nitrogen and oxygen atoms in total. The first-order chi connectivity index (χ1) is 51.6. The van der Waals surface area contributed by atoms with Crippen molar-refractivity contribution in [3.8, 4) is 0 Å². The van der Waals surface area contributed by atoms with Crippen LogP contribution in [-0.4, -0.2) is 96.7 Å². The Balaban J connectivity index is 5.20. The number of aliphatic hydroxyl groups is 1. The summed E-state index contributed by atoms with van der Waals surface area (Å²) in [5.74, 6) is -1.23. The van der Waals surface area contributed by atoms with Gasteiger partial charge in [-0.15, -0.1) is 0 Å². The van der Waals surface area contributed by atoms with Crippen LogP contribution >= 0.6 is 15.6 Å². The number of hydrogen-bond acceptors (Lipinski definition) is 15. The van der Waals surface area contributed by atoms with Crippen molar-refractivity contribution in [2.75, 3.05) is 39.6 Å². The molecule has 0 bridgehead atoms. The minimum atomic E-state index is -4.97. The van der Waals surface area contributed by atoms with Crippen LogP contribution in [0.3, 0.4) is 0 Å². The molecule has 0 aliphatic rings. The number of phosphoric acid groups is 2. The van der Waals surface area contributed by atoms with E-state index in [0.717, 1.165) is 95.8 Å². The van der Waals surface area contributed by atoms with E-state index in [9.17, 15) is 43.2 Å². The number of carbonyl (C=O) groups is 4. The van der Waals surface area contributed by atoms with E-state index in [4.69, 9.17) is 37.0 Å². The summed E-state index contributed by atoms with van der Waals surface area (Å²) in [5.41, 5.74) is 0. The number of hydrogen-bond donors (Lipinski definition) is 3. The Hall–Kier alpha value is -1.94. The topological polar surface area (TPSA) is 237 Å². The van der Waals surface area contributed by atoms with E-state index < -0.39 is 97.5 Å². The molecule has 0 radical (unpaired) electrons. The summed E-state index contributed by atoms with van der Waals surface area (Å²) in [4.78, 5) is 73.2. The normalized spacial score (nSPS) is 14.0. The van der Waals surface area contributed by atoms with Gasteiger partial charge in [-0.25, -0.2) is 9.13 Å². The molecule has 0 spiro atoms. The van der Waals surface area contributed by atoms with Crippen molar-refractivity contribution in [3.05, 3.63) is 0 Å². The summed E-state index contributed by atoms with van der Waals surface area (Å²) in [6, 6.07) is 0. The first-order valence-corrected chi connectivity index (χ1v) is 48.2. The molecule has 0 aromatic heterocycles. The highest BCUT2D eigenvalue weighted by Gasteiger charge is 2.30. The Bertz CT molecular complexity index is 2020. The van der Waals surface area contributed by atoms with Gasteiger partial charge in [0.1, 0.15) is 19.3 Å². The van der Waals surface area contributed by atoms with Gasteiger partial charge in [-0.2, -0.15) is 0 Å². The predicted octanol–water partition coefficient (Wildman–Crippen LogP) is 26.8. The smallest absolute Gasteiger partial charge is 0.462 e. The van der Waals surface area contributed by atoms with Crippen LogP contribution in [0.4, 0.5) is 0 Å². The number of rotatable bonds is 87. The lowest BCUT2D eigenvalue weighted by molar-refractivity contribution is -0.161. The minimum absolute atomic E-state index is 0.109. The van der Waals surface area contributed by atoms with E-state index in [-0.39, 0.29) is 25.7 Å². The Kier molecular flexibility index (Phi) is 78.2. The van der Waals surface area contributed by atoms with E-state index in [1.165, 1.54) is 295 Å². The summed E-state index contributed by atoms with van der Waals surface area (Å²) in [5, 5.41) is 10.7. The molecule has 0 fully saturated rings. The summed E-state index contributed by atoms with van der Waals surface area (Å²) >= 11 is 0. The summed E-state index contributed by atoms with van der Waals surface area (Å²) in [6.45, 7) is 7.43. The quantitative estimate of drug-likeness (QED) is 0.0222. The third-order valence-electron chi connectivity index (χ3n) is 20.9. The zero-order chi connectivity index (χ0) is 77.6. The monoisotopic (exact) mass is 1550 g/mol. The van der Waals surface area contributed by atoms with Gasteiger partial charge >= 0.3 is 39.5 Å². The van der Waals surface area contributed by atoms with Gasteiger partial charge in [-0.05, 0) is 31.6 Å². The van der Waals surface area contributed by atoms with Crippen molar-refractivity contribution >= 4 is 39.5 Å². The predicted molar refractivity (Wildman–Crippen MR) is 437 cm³/mol. The number of aliphatic hydroxyl groups excluding tert-OH is 1. The molecule has 0 aromatic rings. The van der Waals surface area contributed by atoms with Crippen LogP contribution in [0.25, 0.3) is 0 Å². The second-order valence-electron chi connectivity index (χ2n) is 31.5. The van der Waals surface area contributed by atoms with Gasteiger partial charge in [0.2, 0.25) is 0 Å². The fraction of sp³-hybridized carbons (Fsp3) is 0.954. The highest BCUT2D eigenvalue weighted by atomic mass is 31.2. The van der Waals surface area contributed by atoms with Gasteiger partial charge in [0.05, 0.1) is 26.4 Å². The number of carbonyl (C=O) groups excluding carboxylic acids is 4. The standard InChI is InChI=1S/C87H170O17P2/c1-6-10-13-16-19-22-24-26-28-30-35-38-42-46-51-56-61-66-71-85(90)98-77-83(104-87(92)73-68-63-58-53-48-44-40-36-32-31-34-37-41-45-50-54-59-64-69-80(5)9-4)79-102-106(95,96)100-75-81(88)74-99-105(93,94)101-78-82(76-97-84(89)70-65-60-55-49-21-18-15-12-8-3)103-86(91)72-67-62-57-52-47-43-39-33-29-27-25-23-20-17-14-11-7-2/h80-83,88H,6-79H2,1-5H3,(H,93,94)(H,95,96)/t80?,81-,82+,83+/m0/s1. The summed E-state index contributed by atoms with van der Waals surface area (Å²) in [6.07, 6.45) is 73.6. The van der Waals surface area contributed by atoms with E-state index in [2.05, 4.69) is 34.6 Å². The lowest BCUT2D eigenvalue weighted by Gasteiger charge is -2.21. The second kappa shape index (κ2) is 79.7. The third-order valence-corrected chi connectivity index (χ3v) is 22.8. The number of esters is 4. The molecule has 3 N–H and O–H groups in total. The average molecular weight is 1550 g/mol. The van der Waals surface area contributed by atoms with Crippen LogP contribution in [0, 0.1) is 5.92 Å². The molecule has 6 atom stereocenters. The summed E-state index contributed by atoms with van der Waals surface area (Å²) < 4.78 is 68.9. The fourth-order valence-electron chi connectivity index (χ4n) is 13.6. The number of unbranched alkanes of at least 4 members (excludes halogenated alkanes) is 58. The molecule has 0 saturated heterocycles. The molecular weight excluding hydrogens is 1380 g/mol. The SMILES string of the molecule is CCCCCCCCCCCCCCCCCCCCC(=O)OC[C@H](COP(=O)(O)OC[C@@H](O)COP(=O)(O)OC[C@@H](COC(=O)CCCCCCCCCCC)OC(=O)CCCCCCCCCCCCCCCCCCC)OC(=O)CCCCCCCCCCCCCCCCCCCCC(C)CC. The van der Waals surface area contributed by atoms with Crippen LogP contribution in [-0.2, 0) is 65.4 Å². The van der Waals surface area contributed by atoms with Crippen LogP contribution in [0.5, 0.6) is 0 Å². The van der Waals surface area contributed by atoms with Gasteiger partial charge in [-0.1, -0.05) is 420 Å². The Morgan fingerprint density at radius 1 is 0.264 bits per heavy atom. The zero-order valence-corrected chi connectivity index (χ0v) is 71.4. The van der Waals surface area contributed by atoms with Crippen molar-refractivity contribution in [3.63, 3.8) is 0 Å². The molecule has 630 valence electrons. The first-order valence-electron chi connectivity index (χ1n) is 45.2. The highest BCUT2D eigenvalue weighted by molar-refractivity contribution is 7.47. The lowest BCUT2D eigenvalue weighted by atomic mass is 9.99. The van der Waals surface area contributed by atoms with Crippen LogP contribution in [0.2, 0.25) is 0 Å². The fourth-order valence-corrected chi connectivity index (χ4v) is 15.2. The maximum Gasteiger partial charge on any atom is 0.472 e. The van der Waals surface area contributed by atoms with E-state index in [1.54, 1.807) is 0 Å². The minimum Gasteiger partial charge on any atom is -0.462 e. The molecular formula is C87H170O17P2.